The largest absolute Gasteiger partial charge is 0.392 e. The summed E-state index contributed by atoms with van der Waals surface area (Å²) in [4.78, 5) is 24.5. The zero-order valence-corrected chi connectivity index (χ0v) is 15.3. The molecule has 0 aromatic heterocycles. The number of thioether (sulfide) groups is 1. The SMILES string of the molecule is CSCCC(NC(=O)c1ccc(Cl)cc1Cl)C(=O)NCC(C)O. The number of hydrogen-bond donors (Lipinski definition) is 3. The van der Waals surface area contributed by atoms with Gasteiger partial charge in [0.2, 0.25) is 5.91 Å². The molecule has 0 saturated carbocycles. The van der Waals surface area contributed by atoms with E-state index in [4.69, 9.17) is 23.2 Å². The van der Waals surface area contributed by atoms with Crippen molar-refractivity contribution in [3.8, 4) is 0 Å². The third kappa shape index (κ3) is 6.99. The number of benzene rings is 1. The summed E-state index contributed by atoms with van der Waals surface area (Å²) in [5.41, 5.74) is 0.258. The second-order valence-corrected chi connectivity index (χ2v) is 6.86. The van der Waals surface area contributed by atoms with Crippen molar-refractivity contribution in [2.45, 2.75) is 25.5 Å². The Morgan fingerprint density at radius 1 is 1.35 bits per heavy atom. The van der Waals surface area contributed by atoms with Crippen LogP contribution in [0.5, 0.6) is 0 Å². The molecule has 2 unspecified atom stereocenters. The third-order valence-corrected chi connectivity index (χ3v) is 4.17. The van der Waals surface area contributed by atoms with E-state index in [1.54, 1.807) is 24.8 Å². The van der Waals surface area contributed by atoms with Crippen LogP contribution >= 0.6 is 35.0 Å². The molecular weight excluding hydrogens is 359 g/mol. The summed E-state index contributed by atoms with van der Waals surface area (Å²) in [7, 11) is 0. The van der Waals surface area contributed by atoms with Crippen LogP contribution < -0.4 is 10.6 Å². The molecule has 2 atom stereocenters. The Morgan fingerprint density at radius 2 is 2.04 bits per heavy atom. The van der Waals surface area contributed by atoms with Gasteiger partial charge in [-0.25, -0.2) is 0 Å². The van der Waals surface area contributed by atoms with E-state index in [-0.39, 0.29) is 23.0 Å². The zero-order valence-electron chi connectivity index (χ0n) is 12.9. The molecule has 1 aromatic carbocycles. The fourth-order valence-corrected chi connectivity index (χ4v) is 2.75. The minimum atomic E-state index is -0.694. The van der Waals surface area contributed by atoms with Crippen molar-refractivity contribution in [2.75, 3.05) is 18.6 Å². The summed E-state index contributed by atoms with van der Waals surface area (Å²) in [6.45, 7) is 1.70. The van der Waals surface area contributed by atoms with Crippen LogP contribution in [0.2, 0.25) is 10.0 Å². The fourth-order valence-electron chi connectivity index (χ4n) is 1.79. The molecule has 0 fully saturated rings. The molecule has 3 N–H and O–H groups in total. The number of halogens is 2. The second kappa shape index (κ2) is 10.0. The van der Waals surface area contributed by atoms with Crippen LogP contribution in [-0.2, 0) is 4.79 Å². The normalized spacial score (nSPS) is 13.3. The van der Waals surface area contributed by atoms with Gasteiger partial charge < -0.3 is 15.7 Å². The number of carbonyl (C=O) groups excluding carboxylic acids is 2. The quantitative estimate of drug-likeness (QED) is 0.648. The summed E-state index contributed by atoms with van der Waals surface area (Å²) >= 11 is 13.4. The highest BCUT2D eigenvalue weighted by atomic mass is 35.5. The highest BCUT2D eigenvalue weighted by molar-refractivity contribution is 7.98. The van der Waals surface area contributed by atoms with Crippen LogP contribution in [-0.4, -0.2) is 47.6 Å². The average molecular weight is 379 g/mol. The Bertz CT molecular complexity index is 556. The standard InChI is InChI=1S/C15H20Cl2N2O3S/c1-9(20)8-18-15(22)13(5-6-23-2)19-14(21)11-4-3-10(16)7-12(11)17/h3-4,7,9,13,20H,5-6,8H2,1-2H3,(H,18,22)(H,19,21). The van der Waals surface area contributed by atoms with Gasteiger partial charge in [0.25, 0.3) is 5.91 Å². The topological polar surface area (TPSA) is 78.4 Å². The lowest BCUT2D eigenvalue weighted by atomic mass is 10.1. The number of rotatable bonds is 8. The monoisotopic (exact) mass is 378 g/mol. The lowest BCUT2D eigenvalue weighted by Crippen LogP contribution is -2.48. The minimum absolute atomic E-state index is 0.131. The van der Waals surface area contributed by atoms with E-state index >= 15 is 0 Å². The average Bonchev–Trinajstić information content (AvgIpc) is 2.48. The second-order valence-electron chi connectivity index (χ2n) is 5.03. The van der Waals surface area contributed by atoms with Crippen LogP contribution in [0.1, 0.15) is 23.7 Å². The van der Waals surface area contributed by atoms with Crippen molar-refractivity contribution < 1.29 is 14.7 Å². The molecule has 23 heavy (non-hydrogen) atoms. The van der Waals surface area contributed by atoms with Crippen molar-refractivity contribution in [1.29, 1.82) is 0 Å². The third-order valence-electron chi connectivity index (χ3n) is 2.98. The molecule has 5 nitrogen and oxygen atoms in total. The van der Waals surface area contributed by atoms with Gasteiger partial charge in [0.05, 0.1) is 16.7 Å². The van der Waals surface area contributed by atoms with Gasteiger partial charge in [-0.05, 0) is 43.6 Å². The van der Waals surface area contributed by atoms with E-state index in [1.807, 2.05) is 6.26 Å². The summed E-state index contributed by atoms with van der Waals surface area (Å²) < 4.78 is 0. The molecule has 0 spiro atoms. The van der Waals surface area contributed by atoms with Crippen molar-refractivity contribution in [1.82, 2.24) is 10.6 Å². The van der Waals surface area contributed by atoms with Gasteiger partial charge >= 0.3 is 0 Å². The molecule has 0 radical (unpaired) electrons. The number of aliphatic hydroxyl groups is 1. The van der Waals surface area contributed by atoms with Gasteiger partial charge in [-0.15, -0.1) is 0 Å². The zero-order chi connectivity index (χ0) is 17.4. The summed E-state index contributed by atoms with van der Waals surface area (Å²) in [5, 5.41) is 15.2. The van der Waals surface area contributed by atoms with E-state index in [9.17, 15) is 14.7 Å². The van der Waals surface area contributed by atoms with Gasteiger partial charge in [0, 0.05) is 11.6 Å². The van der Waals surface area contributed by atoms with Crippen LogP contribution in [0, 0.1) is 0 Å². The molecule has 0 saturated heterocycles. The Labute approximate surface area is 150 Å². The highest BCUT2D eigenvalue weighted by Crippen LogP contribution is 2.21. The summed E-state index contributed by atoms with van der Waals surface area (Å²) in [5.74, 6) is -0.0650. The Hall–Kier alpha value is -0.950. The van der Waals surface area contributed by atoms with E-state index in [1.165, 1.54) is 12.1 Å². The Morgan fingerprint density at radius 3 is 2.61 bits per heavy atom. The van der Waals surface area contributed by atoms with E-state index in [0.29, 0.717) is 17.2 Å². The molecule has 0 aliphatic heterocycles. The van der Waals surface area contributed by atoms with Crippen LogP contribution in [0.15, 0.2) is 18.2 Å². The van der Waals surface area contributed by atoms with Gasteiger partial charge in [0.15, 0.2) is 0 Å². The lowest BCUT2D eigenvalue weighted by Gasteiger charge is -2.19. The highest BCUT2D eigenvalue weighted by Gasteiger charge is 2.22. The number of hydrogen-bond acceptors (Lipinski definition) is 4. The predicted molar refractivity (Wildman–Crippen MR) is 95.4 cm³/mol. The maximum Gasteiger partial charge on any atom is 0.253 e. The van der Waals surface area contributed by atoms with Crippen LogP contribution in [0.25, 0.3) is 0 Å². The van der Waals surface area contributed by atoms with Gasteiger partial charge in [-0.2, -0.15) is 11.8 Å². The first kappa shape index (κ1) is 20.1. The van der Waals surface area contributed by atoms with Crippen molar-refractivity contribution in [2.24, 2.45) is 0 Å². The summed E-state index contributed by atoms with van der Waals surface area (Å²) in [6.07, 6.45) is 1.74. The molecule has 2 amide bonds. The molecular formula is C15H20Cl2N2O3S. The Balaban J connectivity index is 2.78. The number of carbonyl (C=O) groups is 2. The molecule has 0 aliphatic carbocycles. The van der Waals surface area contributed by atoms with Crippen molar-refractivity contribution in [3.05, 3.63) is 33.8 Å². The molecule has 8 heteroatoms. The number of amides is 2. The maximum atomic E-state index is 12.3. The van der Waals surface area contributed by atoms with Crippen molar-refractivity contribution >= 4 is 46.8 Å². The smallest absolute Gasteiger partial charge is 0.253 e. The van der Waals surface area contributed by atoms with Crippen LogP contribution in [0.4, 0.5) is 0 Å². The van der Waals surface area contributed by atoms with E-state index in [2.05, 4.69) is 10.6 Å². The van der Waals surface area contributed by atoms with E-state index in [0.717, 1.165) is 0 Å². The molecule has 0 aliphatic rings. The number of nitrogens with one attached hydrogen (secondary N) is 2. The predicted octanol–water partition coefficient (Wildman–Crippen LogP) is 2.34. The van der Waals surface area contributed by atoms with Crippen LogP contribution in [0.3, 0.4) is 0 Å². The fraction of sp³-hybridized carbons (Fsp3) is 0.467. The molecule has 0 heterocycles. The molecule has 1 rings (SSSR count). The Kier molecular flexibility index (Phi) is 8.76. The first-order chi connectivity index (χ1) is 10.8. The molecule has 128 valence electrons. The maximum absolute atomic E-state index is 12.3. The van der Waals surface area contributed by atoms with E-state index < -0.39 is 18.1 Å². The van der Waals surface area contributed by atoms with Gasteiger partial charge in [0.1, 0.15) is 6.04 Å². The lowest BCUT2D eigenvalue weighted by molar-refractivity contribution is -0.123. The van der Waals surface area contributed by atoms with Gasteiger partial charge in [-0.1, -0.05) is 23.2 Å². The number of aliphatic hydroxyl groups excluding tert-OH is 1. The summed E-state index contributed by atoms with van der Waals surface area (Å²) in [6, 6.07) is 3.86. The van der Waals surface area contributed by atoms with Crippen molar-refractivity contribution in [3.63, 3.8) is 0 Å². The first-order valence-electron chi connectivity index (χ1n) is 7.05. The molecule has 0 bridgehead atoms. The molecule has 1 aromatic rings. The first-order valence-corrected chi connectivity index (χ1v) is 9.20. The van der Waals surface area contributed by atoms with Gasteiger partial charge in [-0.3, -0.25) is 9.59 Å². The minimum Gasteiger partial charge on any atom is -0.392 e.